The molecule has 1 aliphatic carbocycles. The van der Waals surface area contributed by atoms with Gasteiger partial charge in [-0.05, 0) is 49.1 Å². The summed E-state index contributed by atoms with van der Waals surface area (Å²) in [6.45, 7) is 0. The summed E-state index contributed by atoms with van der Waals surface area (Å²) in [6.07, 6.45) is 3.49. The smallest absolute Gasteiger partial charge is 0.142 e. The van der Waals surface area contributed by atoms with Gasteiger partial charge in [-0.2, -0.15) is 0 Å². The summed E-state index contributed by atoms with van der Waals surface area (Å²) in [6, 6.07) is 7.80. The van der Waals surface area contributed by atoms with Gasteiger partial charge in [0.15, 0.2) is 0 Å². The molecule has 0 spiro atoms. The van der Waals surface area contributed by atoms with E-state index in [1.165, 1.54) is 16.9 Å². The fourth-order valence-corrected chi connectivity index (χ4v) is 5.25. The molecule has 4 rings (SSSR count). The third-order valence-electron chi connectivity index (χ3n) is 3.75. The van der Waals surface area contributed by atoms with Crippen molar-refractivity contribution in [2.75, 3.05) is 0 Å². The number of aromatic nitrogens is 2. The molecule has 0 N–H and O–H groups in total. The van der Waals surface area contributed by atoms with Crippen LogP contribution in [0.15, 0.2) is 29.2 Å². The van der Waals surface area contributed by atoms with Crippen LogP contribution in [0.25, 0.3) is 10.2 Å². The molecule has 0 amide bonds. The molecular weight excluding hydrogens is 355 g/mol. The van der Waals surface area contributed by atoms with Crippen molar-refractivity contribution >= 4 is 56.5 Å². The second kappa shape index (κ2) is 6.00. The Morgan fingerprint density at radius 3 is 2.73 bits per heavy atom. The number of thioether (sulfide) groups is 1. The first kappa shape index (κ1) is 14.8. The highest BCUT2D eigenvalue weighted by atomic mass is 35.5. The van der Waals surface area contributed by atoms with Crippen molar-refractivity contribution in [2.24, 2.45) is 0 Å². The number of thiophene rings is 1. The average molecular weight is 367 g/mol. The zero-order chi connectivity index (χ0) is 15.1. The molecule has 6 heteroatoms. The number of halogens is 2. The lowest BCUT2D eigenvalue weighted by Crippen LogP contribution is -1.94. The molecule has 2 nitrogen and oxygen atoms in total. The van der Waals surface area contributed by atoms with E-state index in [1.54, 1.807) is 23.1 Å². The SMILES string of the molecule is Clc1ccc(SCc2nc(Cl)c3c4c(sc3n2)CCC4)cc1. The van der Waals surface area contributed by atoms with Crippen molar-refractivity contribution in [1.82, 2.24) is 9.97 Å². The molecule has 112 valence electrons. The van der Waals surface area contributed by atoms with E-state index in [-0.39, 0.29) is 0 Å². The van der Waals surface area contributed by atoms with Crippen LogP contribution < -0.4 is 0 Å². The minimum atomic E-state index is 0.608. The number of fused-ring (bicyclic) bond motifs is 3. The Kier molecular flexibility index (Phi) is 4.03. The number of rotatable bonds is 3. The van der Waals surface area contributed by atoms with Crippen molar-refractivity contribution < 1.29 is 0 Å². The van der Waals surface area contributed by atoms with E-state index in [0.29, 0.717) is 10.9 Å². The molecule has 0 saturated heterocycles. The number of hydrogen-bond acceptors (Lipinski definition) is 4. The summed E-state index contributed by atoms with van der Waals surface area (Å²) in [5, 5.41) is 2.44. The predicted molar refractivity (Wildman–Crippen MR) is 95.5 cm³/mol. The van der Waals surface area contributed by atoms with Gasteiger partial charge in [0.2, 0.25) is 0 Å². The zero-order valence-corrected chi connectivity index (χ0v) is 14.7. The largest absolute Gasteiger partial charge is 0.221 e. The predicted octanol–water partition coefficient (Wildman–Crippen LogP) is 5.78. The second-order valence-electron chi connectivity index (χ2n) is 5.21. The number of hydrogen-bond donors (Lipinski definition) is 0. The van der Waals surface area contributed by atoms with Crippen molar-refractivity contribution in [3.8, 4) is 0 Å². The first-order chi connectivity index (χ1) is 10.7. The van der Waals surface area contributed by atoms with Gasteiger partial charge in [0.1, 0.15) is 15.8 Å². The lowest BCUT2D eigenvalue weighted by Gasteiger charge is -2.03. The van der Waals surface area contributed by atoms with Gasteiger partial charge in [0.05, 0.1) is 11.1 Å². The van der Waals surface area contributed by atoms with Crippen molar-refractivity contribution in [3.05, 3.63) is 50.7 Å². The molecule has 0 aliphatic heterocycles. The maximum Gasteiger partial charge on any atom is 0.142 e. The highest BCUT2D eigenvalue weighted by Gasteiger charge is 2.21. The Morgan fingerprint density at radius 1 is 1.09 bits per heavy atom. The fraction of sp³-hybridized carbons (Fsp3) is 0.250. The highest BCUT2D eigenvalue weighted by Crippen LogP contribution is 2.39. The minimum absolute atomic E-state index is 0.608. The van der Waals surface area contributed by atoms with Crippen molar-refractivity contribution in [3.63, 3.8) is 0 Å². The molecule has 22 heavy (non-hydrogen) atoms. The molecule has 3 aromatic rings. The first-order valence-electron chi connectivity index (χ1n) is 7.06. The van der Waals surface area contributed by atoms with Crippen LogP contribution >= 0.6 is 46.3 Å². The molecule has 0 radical (unpaired) electrons. The average Bonchev–Trinajstić information content (AvgIpc) is 3.06. The van der Waals surface area contributed by atoms with Crippen LogP contribution in [0.5, 0.6) is 0 Å². The summed E-state index contributed by atoms with van der Waals surface area (Å²) in [5.41, 5.74) is 1.38. The maximum atomic E-state index is 6.42. The van der Waals surface area contributed by atoms with Gasteiger partial charge in [-0.1, -0.05) is 23.2 Å². The molecule has 0 unspecified atom stereocenters. The van der Waals surface area contributed by atoms with Gasteiger partial charge in [-0.15, -0.1) is 23.1 Å². The van der Waals surface area contributed by atoms with Crippen LogP contribution in [0.4, 0.5) is 0 Å². The monoisotopic (exact) mass is 366 g/mol. The van der Waals surface area contributed by atoms with Crippen molar-refractivity contribution in [2.45, 2.75) is 29.9 Å². The molecule has 0 saturated carbocycles. The number of benzene rings is 1. The van der Waals surface area contributed by atoms with E-state index < -0.39 is 0 Å². The summed E-state index contributed by atoms with van der Waals surface area (Å²) in [7, 11) is 0. The molecule has 2 heterocycles. The lowest BCUT2D eigenvalue weighted by molar-refractivity contribution is 0.916. The Morgan fingerprint density at radius 2 is 1.91 bits per heavy atom. The maximum absolute atomic E-state index is 6.42. The van der Waals surface area contributed by atoms with E-state index in [4.69, 9.17) is 28.2 Å². The van der Waals surface area contributed by atoms with Crippen LogP contribution in [-0.4, -0.2) is 9.97 Å². The first-order valence-corrected chi connectivity index (χ1v) is 9.61. The summed E-state index contributed by atoms with van der Waals surface area (Å²) >= 11 is 15.8. The Bertz CT molecular complexity index is 843. The van der Waals surface area contributed by atoms with E-state index >= 15 is 0 Å². The van der Waals surface area contributed by atoms with Crippen LogP contribution in [0.2, 0.25) is 10.2 Å². The minimum Gasteiger partial charge on any atom is -0.221 e. The Labute approximate surface area is 146 Å². The summed E-state index contributed by atoms with van der Waals surface area (Å²) in [4.78, 5) is 12.8. The van der Waals surface area contributed by atoms with Gasteiger partial charge in [-0.3, -0.25) is 0 Å². The third-order valence-corrected chi connectivity index (χ3v) is 6.47. The normalized spacial score (nSPS) is 13.7. The molecular formula is C16H12Cl2N2S2. The van der Waals surface area contributed by atoms with E-state index in [1.807, 2.05) is 24.3 Å². The Hall–Kier alpha value is -0.810. The highest BCUT2D eigenvalue weighted by molar-refractivity contribution is 7.98. The number of nitrogens with zero attached hydrogens (tertiary/aromatic N) is 2. The quantitative estimate of drug-likeness (QED) is 0.434. The molecule has 0 atom stereocenters. The summed E-state index contributed by atoms with van der Waals surface area (Å²) < 4.78 is 0. The molecule has 0 fully saturated rings. The zero-order valence-electron chi connectivity index (χ0n) is 11.6. The van der Waals surface area contributed by atoms with Crippen LogP contribution in [0.1, 0.15) is 22.7 Å². The van der Waals surface area contributed by atoms with Gasteiger partial charge in [0.25, 0.3) is 0 Å². The van der Waals surface area contributed by atoms with E-state index in [0.717, 1.165) is 38.8 Å². The van der Waals surface area contributed by atoms with Crippen molar-refractivity contribution in [1.29, 1.82) is 0 Å². The molecule has 1 aromatic carbocycles. The third kappa shape index (κ3) is 2.73. The fourth-order valence-electron chi connectivity index (χ4n) is 2.74. The van der Waals surface area contributed by atoms with Gasteiger partial charge in [-0.25, -0.2) is 9.97 Å². The second-order valence-corrected chi connectivity index (χ2v) is 8.14. The number of aryl methyl sites for hydroxylation is 2. The molecule has 0 bridgehead atoms. The van der Waals surface area contributed by atoms with Gasteiger partial charge in [0, 0.05) is 14.8 Å². The topological polar surface area (TPSA) is 25.8 Å². The molecule has 1 aliphatic rings. The van der Waals surface area contributed by atoms with Crippen LogP contribution in [0.3, 0.4) is 0 Å². The van der Waals surface area contributed by atoms with E-state index in [9.17, 15) is 0 Å². The summed E-state index contributed by atoms with van der Waals surface area (Å²) in [5.74, 6) is 1.50. The van der Waals surface area contributed by atoms with Crippen LogP contribution in [0, 0.1) is 0 Å². The van der Waals surface area contributed by atoms with Crippen LogP contribution in [-0.2, 0) is 18.6 Å². The lowest BCUT2D eigenvalue weighted by atomic mass is 10.2. The van der Waals surface area contributed by atoms with Gasteiger partial charge < -0.3 is 0 Å². The van der Waals surface area contributed by atoms with Gasteiger partial charge >= 0.3 is 0 Å². The molecule has 2 aromatic heterocycles. The van der Waals surface area contributed by atoms with E-state index in [2.05, 4.69) is 4.98 Å². The standard InChI is InChI=1S/C16H12Cl2N2S2/c17-9-4-6-10(7-5-9)21-8-13-19-15(18)14-11-2-1-3-12(11)22-16(14)20-13/h4-7H,1-3,8H2. The Balaban J connectivity index is 1.61.